The SMILES string of the molecule is C[C@@H]1COCCN1c1cc(=O)n2c(n1)N(Cc1ncco1)CC[C@@H]2C(F)(F)F. The van der Waals surface area contributed by atoms with Crippen molar-refractivity contribution in [3.63, 3.8) is 0 Å². The zero-order chi connectivity index (χ0) is 19.9. The van der Waals surface area contributed by atoms with Crippen LogP contribution in [0.15, 0.2) is 27.7 Å². The van der Waals surface area contributed by atoms with Gasteiger partial charge in [0, 0.05) is 19.2 Å². The second-order valence-corrected chi connectivity index (χ2v) is 6.93. The summed E-state index contributed by atoms with van der Waals surface area (Å²) in [4.78, 5) is 24.7. The lowest BCUT2D eigenvalue weighted by atomic mass is 10.1. The molecule has 2 aliphatic rings. The van der Waals surface area contributed by atoms with Crippen molar-refractivity contribution >= 4 is 11.8 Å². The molecular weight excluding hydrogens is 379 g/mol. The molecule has 0 bridgehead atoms. The van der Waals surface area contributed by atoms with Gasteiger partial charge >= 0.3 is 6.18 Å². The van der Waals surface area contributed by atoms with E-state index in [1.807, 2.05) is 11.8 Å². The maximum absolute atomic E-state index is 13.6. The van der Waals surface area contributed by atoms with Crippen LogP contribution in [0.1, 0.15) is 25.3 Å². The minimum atomic E-state index is -4.54. The normalized spacial score (nSPS) is 23.0. The number of aromatic nitrogens is 3. The monoisotopic (exact) mass is 399 g/mol. The highest BCUT2D eigenvalue weighted by Crippen LogP contribution is 2.38. The summed E-state index contributed by atoms with van der Waals surface area (Å²) in [6.07, 6.45) is -1.93. The molecule has 0 radical (unpaired) electrons. The third-order valence-corrected chi connectivity index (χ3v) is 5.04. The van der Waals surface area contributed by atoms with Gasteiger partial charge in [-0.05, 0) is 13.3 Å². The second kappa shape index (κ2) is 7.12. The van der Waals surface area contributed by atoms with Crippen LogP contribution in [-0.2, 0) is 11.3 Å². The van der Waals surface area contributed by atoms with E-state index in [1.54, 1.807) is 4.90 Å². The van der Waals surface area contributed by atoms with Gasteiger partial charge in [-0.15, -0.1) is 0 Å². The van der Waals surface area contributed by atoms with Gasteiger partial charge in [0.25, 0.3) is 5.56 Å². The molecule has 0 unspecified atom stereocenters. The first kappa shape index (κ1) is 18.8. The van der Waals surface area contributed by atoms with Crippen molar-refractivity contribution in [2.24, 2.45) is 0 Å². The Balaban J connectivity index is 1.78. The maximum atomic E-state index is 13.6. The van der Waals surface area contributed by atoms with Gasteiger partial charge in [0.15, 0.2) is 0 Å². The predicted octanol–water partition coefficient (Wildman–Crippen LogP) is 1.97. The van der Waals surface area contributed by atoms with Gasteiger partial charge in [0.05, 0.1) is 32.0 Å². The number of hydrogen-bond acceptors (Lipinski definition) is 7. The molecule has 2 aromatic heterocycles. The third kappa shape index (κ3) is 3.46. The van der Waals surface area contributed by atoms with Crippen molar-refractivity contribution in [3.05, 3.63) is 34.8 Å². The Hall–Kier alpha value is -2.56. The van der Waals surface area contributed by atoms with E-state index in [4.69, 9.17) is 9.15 Å². The molecule has 1 saturated heterocycles. The van der Waals surface area contributed by atoms with Gasteiger partial charge < -0.3 is 19.0 Å². The second-order valence-electron chi connectivity index (χ2n) is 6.93. The molecule has 1 fully saturated rings. The van der Waals surface area contributed by atoms with E-state index >= 15 is 0 Å². The van der Waals surface area contributed by atoms with Crippen molar-refractivity contribution in [2.45, 2.75) is 38.1 Å². The molecule has 0 aromatic carbocycles. The summed E-state index contributed by atoms with van der Waals surface area (Å²) < 4.78 is 52.0. The molecule has 4 rings (SSSR count). The number of oxazole rings is 1. The summed E-state index contributed by atoms with van der Waals surface area (Å²) >= 11 is 0. The molecule has 2 aromatic rings. The van der Waals surface area contributed by atoms with Crippen molar-refractivity contribution in [1.82, 2.24) is 14.5 Å². The molecule has 2 atom stereocenters. The Morgan fingerprint density at radius 1 is 1.32 bits per heavy atom. The molecule has 28 heavy (non-hydrogen) atoms. The summed E-state index contributed by atoms with van der Waals surface area (Å²) in [5.41, 5.74) is -0.724. The van der Waals surface area contributed by atoms with E-state index in [2.05, 4.69) is 9.97 Å². The fourth-order valence-corrected chi connectivity index (χ4v) is 3.66. The molecule has 0 N–H and O–H groups in total. The standard InChI is InChI=1S/C17H20F3N5O3/c1-11-10-27-7-5-24(11)13-8-15(26)25-12(17(18,19)20)2-4-23(16(25)22-13)9-14-21-3-6-28-14/h3,6,8,11-12H,2,4-5,7,9-10H2,1H3/t11-,12-/m1/s1. The molecule has 4 heterocycles. The van der Waals surface area contributed by atoms with Gasteiger partial charge in [0.2, 0.25) is 11.8 Å². The topological polar surface area (TPSA) is 76.6 Å². The molecule has 152 valence electrons. The lowest BCUT2D eigenvalue weighted by Crippen LogP contribution is -2.48. The molecule has 0 spiro atoms. The smallest absolute Gasteiger partial charge is 0.409 e. The van der Waals surface area contributed by atoms with E-state index in [9.17, 15) is 18.0 Å². The number of rotatable bonds is 3. The Kier molecular flexibility index (Phi) is 4.77. The molecule has 0 saturated carbocycles. The average molecular weight is 399 g/mol. The highest BCUT2D eigenvalue weighted by molar-refractivity contribution is 5.47. The van der Waals surface area contributed by atoms with Crippen LogP contribution in [0.5, 0.6) is 0 Å². The number of anilines is 2. The fraction of sp³-hybridized carbons (Fsp3) is 0.588. The Bertz CT molecular complexity index is 883. The van der Waals surface area contributed by atoms with Gasteiger partial charge in [-0.3, -0.25) is 9.36 Å². The molecule has 2 aliphatic heterocycles. The Labute approximate surface area is 158 Å². The van der Waals surface area contributed by atoms with Gasteiger partial charge in [-0.2, -0.15) is 18.2 Å². The Morgan fingerprint density at radius 3 is 2.82 bits per heavy atom. The van der Waals surface area contributed by atoms with E-state index in [0.717, 1.165) is 4.57 Å². The molecule has 0 amide bonds. The van der Waals surface area contributed by atoms with Crippen LogP contribution >= 0.6 is 0 Å². The zero-order valence-corrected chi connectivity index (χ0v) is 15.2. The first-order chi connectivity index (χ1) is 13.3. The minimum absolute atomic E-state index is 0.0204. The predicted molar refractivity (Wildman–Crippen MR) is 93.4 cm³/mol. The van der Waals surface area contributed by atoms with Gasteiger partial charge in [0.1, 0.15) is 18.1 Å². The quantitative estimate of drug-likeness (QED) is 0.781. The van der Waals surface area contributed by atoms with Crippen LogP contribution in [0.2, 0.25) is 0 Å². The van der Waals surface area contributed by atoms with E-state index in [0.29, 0.717) is 31.5 Å². The molecule has 0 aliphatic carbocycles. The number of alkyl halides is 3. The molecular formula is C17H20F3N5O3. The first-order valence-electron chi connectivity index (χ1n) is 9.02. The summed E-state index contributed by atoms with van der Waals surface area (Å²) in [5, 5.41) is 0. The van der Waals surface area contributed by atoms with Crippen LogP contribution < -0.4 is 15.4 Å². The first-order valence-corrected chi connectivity index (χ1v) is 9.02. The van der Waals surface area contributed by atoms with Crippen LogP contribution in [0, 0.1) is 0 Å². The number of nitrogens with zero attached hydrogens (tertiary/aromatic N) is 5. The number of fused-ring (bicyclic) bond motifs is 1. The third-order valence-electron chi connectivity index (χ3n) is 5.04. The number of hydrogen-bond donors (Lipinski definition) is 0. The summed E-state index contributed by atoms with van der Waals surface area (Å²) in [7, 11) is 0. The highest BCUT2D eigenvalue weighted by atomic mass is 19.4. The van der Waals surface area contributed by atoms with Crippen LogP contribution in [0.3, 0.4) is 0 Å². The summed E-state index contributed by atoms with van der Waals surface area (Å²) in [6, 6.07) is -0.760. The Morgan fingerprint density at radius 2 is 2.14 bits per heavy atom. The highest BCUT2D eigenvalue weighted by Gasteiger charge is 2.45. The van der Waals surface area contributed by atoms with Crippen molar-refractivity contribution in [1.29, 1.82) is 0 Å². The van der Waals surface area contributed by atoms with Crippen LogP contribution in [0.4, 0.5) is 24.9 Å². The maximum Gasteiger partial charge on any atom is 0.409 e. The lowest BCUT2D eigenvalue weighted by molar-refractivity contribution is -0.171. The van der Waals surface area contributed by atoms with E-state index in [-0.39, 0.29) is 31.5 Å². The van der Waals surface area contributed by atoms with Crippen molar-refractivity contribution in [3.8, 4) is 0 Å². The minimum Gasteiger partial charge on any atom is -0.447 e. The number of ether oxygens (including phenoxy) is 1. The van der Waals surface area contributed by atoms with Crippen molar-refractivity contribution < 1.29 is 22.3 Å². The van der Waals surface area contributed by atoms with Gasteiger partial charge in [-0.1, -0.05) is 0 Å². The molecule has 11 heteroatoms. The average Bonchev–Trinajstić information content (AvgIpc) is 3.14. The zero-order valence-electron chi connectivity index (χ0n) is 15.2. The number of morpholine rings is 1. The fourth-order valence-electron chi connectivity index (χ4n) is 3.66. The van der Waals surface area contributed by atoms with Crippen LogP contribution in [-0.4, -0.2) is 53.1 Å². The number of halogens is 3. The van der Waals surface area contributed by atoms with E-state index < -0.39 is 17.8 Å². The van der Waals surface area contributed by atoms with Gasteiger partial charge in [-0.25, -0.2) is 4.98 Å². The van der Waals surface area contributed by atoms with E-state index in [1.165, 1.54) is 18.5 Å². The summed E-state index contributed by atoms with van der Waals surface area (Å²) in [5.74, 6) is 0.677. The largest absolute Gasteiger partial charge is 0.447 e. The summed E-state index contributed by atoms with van der Waals surface area (Å²) in [6.45, 7) is 3.58. The van der Waals surface area contributed by atoms with Crippen LogP contribution in [0.25, 0.3) is 0 Å². The van der Waals surface area contributed by atoms with Crippen molar-refractivity contribution in [2.75, 3.05) is 36.1 Å². The molecule has 8 nitrogen and oxygen atoms in total. The lowest BCUT2D eigenvalue weighted by Gasteiger charge is -2.38.